The van der Waals surface area contributed by atoms with Gasteiger partial charge in [0, 0.05) is 17.8 Å². The van der Waals surface area contributed by atoms with Crippen molar-refractivity contribution in [3.8, 4) is 5.75 Å². The number of nitrogens with one attached hydrogen (secondary N) is 2. The molecule has 2 N–H and O–H groups in total. The Morgan fingerprint density at radius 1 is 1.12 bits per heavy atom. The highest BCUT2D eigenvalue weighted by Gasteiger charge is 2.21. The molecular formula is C18H22N2O4S. The zero-order valence-corrected chi connectivity index (χ0v) is 15.3. The molecule has 6 nitrogen and oxygen atoms in total. The lowest BCUT2D eigenvalue weighted by Gasteiger charge is -2.13. The number of methoxy groups -OCH3 is 1. The zero-order valence-electron chi connectivity index (χ0n) is 14.5. The molecule has 0 radical (unpaired) electrons. The Bertz CT molecular complexity index is 863. The molecule has 2 rings (SSSR count). The summed E-state index contributed by atoms with van der Waals surface area (Å²) >= 11 is 0. The lowest BCUT2D eigenvalue weighted by molar-refractivity contribution is 0.102. The van der Waals surface area contributed by atoms with Crippen LogP contribution in [0, 0.1) is 0 Å². The number of para-hydroxylation sites is 1. The molecule has 0 fully saturated rings. The largest absolute Gasteiger partial charge is 0.495 e. The standard InChI is InChI=1S/C18H22N2O4S/c1-4-13-8-6-7-9-15(13)20-18(21)14-10-11-16(24-3)17(12-14)25(22,23)19-5-2/h6-12,19H,4-5H2,1-3H3,(H,20,21). The van der Waals surface area contributed by atoms with Gasteiger partial charge in [0.1, 0.15) is 10.6 Å². The van der Waals surface area contributed by atoms with Crippen molar-refractivity contribution in [1.82, 2.24) is 4.72 Å². The highest BCUT2D eigenvalue weighted by Crippen LogP contribution is 2.25. The van der Waals surface area contributed by atoms with E-state index in [1.54, 1.807) is 6.92 Å². The van der Waals surface area contributed by atoms with Gasteiger partial charge in [0.25, 0.3) is 5.91 Å². The Morgan fingerprint density at radius 3 is 2.48 bits per heavy atom. The number of hydrogen-bond donors (Lipinski definition) is 2. The van der Waals surface area contributed by atoms with Crippen molar-refractivity contribution in [2.24, 2.45) is 0 Å². The van der Waals surface area contributed by atoms with E-state index in [1.807, 2.05) is 31.2 Å². The van der Waals surface area contributed by atoms with Gasteiger partial charge in [0.05, 0.1) is 7.11 Å². The molecule has 134 valence electrons. The Kier molecular flexibility index (Phi) is 6.17. The maximum Gasteiger partial charge on any atom is 0.255 e. The van der Waals surface area contributed by atoms with Crippen LogP contribution in [-0.4, -0.2) is 28.0 Å². The van der Waals surface area contributed by atoms with Crippen LogP contribution in [0.25, 0.3) is 0 Å². The van der Waals surface area contributed by atoms with Crippen molar-refractivity contribution < 1.29 is 17.9 Å². The second kappa shape index (κ2) is 8.13. The van der Waals surface area contributed by atoms with E-state index < -0.39 is 10.0 Å². The first-order valence-electron chi connectivity index (χ1n) is 7.99. The van der Waals surface area contributed by atoms with Crippen molar-refractivity contribution in [2.45, 2.75) is 25.2 Å². The monoisotopic (exact) mass is 362 g/mol. The SMILES string of the molecule is CCNS(=O)(=O)c1cc(C(=O)Nc2ccccc2CC)ccc1OC. The number of carbonyl (C=O) groups is 1. The maximum atomic E-state index is 12.6. The molecule has 0 spiro atoms. The molecule has 0 saturated heterocycles. The summed E-state index contributed by atoms with van der Waals surface area (Å²) in [7, 11) is -2.36. The van der Waals surface area contributed by atoms with E-state index in [-0.39, 0.29) is 28.7 Å². The molecule has 0 aromatic heterocycles. The Hall–Kier alpha value is -2.38. The Morgan fingerprint density at radius 2 is 1.84 bits per heavy atom. The van der Waals surface area contributed by atoms with Crippen LogP contribution < -0.4 is 14.8 Å². The fourth-order valence-electron chi connectivity index (χ4n) is 2.44. The topological polar surface area (TPSA) is 84.5 Å². The number of benzene rings is 2. The number of hydrogen-bond acceptors (Lipinski definition) is 4. The molecule has 0 atom stereocenters. The van der Waals surface area contributed by atoms with Gasteiger partial charge in [0.2, 0.25) is 10.0 Å². The lowest BCUT2D eigenvalue weighted by atomic mass is 10.1. The van der Waals surface area contributed by atoms with E-state index in [9.17, 15) is 13.2 Å². The summed E-state index contributed by atoms with van der Waals surface area (Å²) in [6.07, 6.45) is 0.777. The molecule has 0 heterocycles. The third kappa shape index (κ3) is 4.37. The molecule has 1 amide bonds. The molecule has 2 aromatic rings. The summed E-state index contributed by atoms with van der Waals surface area (Å²) in [6.45, 7) is 3.92. The average Bonchev–Trinajstić information content (AvgIpc) is 2.61. The number of amides is 1. The minimum atomic E-state index is -3.75. The summed E-state index contributed by atoms with van der Waals surface area (Å²) < 4.78 is 32.2. The molecule has 0 saturated carbocycles. The minimum absolute atomic E-state index is 0.0618. The first-order chi connectivity index (χ1) is 11.9. The van der Waals surface area contributed by atoms with E-state index in [0.717, 1.165) is 12.0 Å². The van der Waals surface area contributed by atoms with Gasteiger partial charge in [-0.15, -0.1) is 0 Å². The van der Waals surface area contributed by atoms with Gasteiger partial charge in [-0.1, -0.05) is 32.0 Å². The highest BCUT2D eigenvalue weighted by molar-refractivity contribution is 7.89. The van der Waals surface area contributed by atoms with Crippen molar-refractivity contribution in [1.29, 1.82) is 0 Å². The zero-order chi connectivity index (χ0) is 18.4. The fourth-order valence-corrected chi connectivity index (χ4v) is 3.67. The number of sulfonamides is 1. The first kappa shape index (κ1) is 19.0. The number of rotatable bonds is 7. The molecule has 0 aliphatic carbocycles. The van der Waals surface area contributed by atoms with Crippen LogP contribution in [0.5, 0.6) is 5.75 Å². The summed E-state index contributed by atoms with van der Waals surface area (Å²) in [5.74, 6) is -0.192. The molecule has 7 heteroatoms. The summed E-state index contributed by atoms with van der Waals surface area (Å²) in [6, 6.07) is 11.8. The number of aryl methyl sites for hydroxylation is 1. The van der Waals surface area contributed by atoms with Crippen molar-refractivity contribution in [2.75, 3.05) is 19.0 Å². The van der Waals surface area contributed by atoms with Crippen molar-refractivity contribution in [3.05, 3.63) is 53.6 Å². The first-order valence-corrected chi connectivity index (χ1v) is 9.48. The molecule has 0 aliphatic heterocycles. The van der Waals surface area contributed by atoms with Crippen LogP contribution in [0.2, 0.25) is 0 Å². The van der Waals surface area contributed by atoms with Crippen molar-refractivity contribution in [3.63, 3.8) is 0 Å². The van der Waals surface area contributed by atoms with E-state index in [4.69, 9.17) is 4.74 Å². The van der Waals surface area contributed by atoms with Gasteiger partial charge >= 0.3 is 0 Å². The van der Waals surface area contributed by atoms with Crippen LogP contribution >= 0.6 is 0 Å². The smallest absolute Gasteiger partial charge is 0.255 e. The van der Waals surface area contributed by atoms with E-state index >= 15 is 0 Å². The van der Waals surface area contributed by atoms with Gasteiger partial charge in [-0.25, -0.2) is 13.1 Å². The Labute approximate surface area is 148 Å². The molecule has 0 bridgehead atoms. The molecular weight excluding hydrogens is 340 g/mol. The van der Waals surface area contributed by atoms with Gasteiger partial charge in [-0.3, -0.25) is 4.79 Å². The van der Waals surface area contributed by atoms with E-state index in [1.165, 1.54) is 25.3 Å². The van der Waals surface area contributed by atoms with Crippen molar-refractivity contribution >= 4 is 21.6 Å². The number of anilines is 1. The predicted octanol–water partition coefficient (Wildman–Crippen LogP) is 2.81. The Balaban J connectivity index is 2.38. The normalized spacial score (nSPS) is 11.2. The molecule has 0 aliphatic rings. The third-order valence-electron chi connectivity index (χ3n) is 3.70. The molecule has 0 unspecified atom stereocenters. The van der Waals surface area contributed by atoms with Crippen LogP contribution in [0.4, 0.5) is 5.69 Å². The summed E-state index contributed by atoms with van der Waals surface area (Å²) in [5.41, 5.74) is 1.95. The van der Waals surface area contributed by atoms with Gasteiger partial charge in [0.15, 0.2) is 0 Å². The molecule has 2 aromatic carbocycles. The van der Waals surface area contributed by atoms with Gasteiger partial charge < -0.3 is 10.1 Å². The van der Waals surface area contributed by atoms with Gasteiger partial charge in [-0.2, -0.15) is 0 Å². The van der Waals surface area contributed by atoms with E-state index in [2.05, 4.69) is 10.0 Å². The lowest BCUT2D eigenvalue weighted by Crippen LogP contribution is -2.24. The highest BCUT2D eigenvalue weighted by atomic mass is 32.2. The average molecular weight is 362 g/mol. The third-order valence-corrected chi connectivity index (χ3v) is 5.26. The van der Waals surface area contributed by atoms with Gasteiger partial charge in [-0.05, 0) is 36.2 Å². The van der Waals surface area contributed by atoms with Crippen LogP contribution in [0.3, 0.4) is 0 Å². The van der Waals surface area contributed by atoms with Crippen LogP contribution in [0.15, 0.2) is 47.4 Å². The number of carbonyl (C=O) groups excluding carboxylic acids is 1. The van der Waals surface area contributed by atoms with Crippen LogP contribution in [0.1, 0.15) is 29.8 Å². The second-order valence-electron chi connectivity index (χ2n) is 5.33. The quantitative estimate of drug-likeness (QED) is 0.793. The molecule has 25 heavy (non-hydrogen) atoms. The predicted molar refractivity (Wildman–Crippen MR) is 97.6 cm³/mol. The maximum absolute atomic E-state index is 12.6. The van der Waals surface area contributed by atoms with E-state index in [0.29, 0.717) is 5.69 Å². The number of ether oxygens (including phenoxy) is 1. The second-order valence-corrected chi connectivity index (χ2v) is 7.07. The fraction of sp³-hybridized carbons (Fsp3) is 0.278. The summed E-state index contributed by atoms with van der Waals surface area (Å²) in [5, 5.41) is 2.83. The van der Waals surface area contributed by atoms with Crippen LogP contribution in [-0.2, 0) is 16.4 Å². The summed E-state index contributed by atoms with van der Waals surface area (Å²) in [4.78, 5) is 12.5. The minimum Gasteiger partial charge on any atom is -0.495 e.